The molecule has 0 amide bonds. The lowest BCUT2D eigenvalue weighted by atomic mass is 9.46. The highest BCUT2D eigenvalue weighted by Crippen LogP contribution is 2.69. The predicted molar refractivity (Wildman–Crippen MR) is 132 cm³/mol. The number of ether oxygens (including phenoxy) is 2. The summed E-state index contributed by atoms with van der Waals surface area (Å²) in [4.78, 5) is 29.0. The highest BCUT2D eigenvalue weighted by atomic mass is 16.5. The van der Waals surface area contributed by atoms with Gasteiger partial charge in [0.05, 0.1) is 6.10 Å². The first-order valence-corrected chi connectivity index (χ1v) is 12.7. The van der Waals surface area contributed by atoms with Gasteiger partial charge in [-0.15, -0.1) is 0 Å². The first kappa shape index (κ1) is 24.2. The van der Waals surface area contributed by atoms with Gasteiger partial charge in [0.1, 0.15) is 24.0 Å². The molecule has 0 unspecified atom stereocenters. The van der Waals surface area contributed by atoms with Crippen LogP contribution in [0.15, 0.2) is 33.9 Å². The minimum atomic E-state index is -0.817. The zero-order chi connectivity index (χ0) is 25.3. The van der Waals surface area contributed by atoms with Crippen LogP contribution in [0, 0.1) is 28.6 Å². The molecule has 5 aliphatic rings. The van der Waals surface area contributed by atoms with E-state index in [2.05, 4.69) is 13.8 Å². The molecule has 0 bridgehead atoms. The minimum absolute atomic E-state index is 0.0218. The SMILES string of the molecule is CC(=O)OCC(=NN(C)C)[C@@]12N=C(C)O[C@@H]1C[C@H]1[C@@H]3CCC4=CC(=O)C=C[C@]4(C)[C@H]3[C@@H](O)C[C@@]12C. The van der Waals surface area contributed by atoms with E-state index in [0.29, 0.717) is 18.0 Å². The molecule has 8 atom stereocenters. The van der Waals surface area contributed by atoms with Crippen LogP contribution in [0.3, 0.4) is 0 Å². The van der Waals surface area contributed by atoms with Crippen molar-refractivity contribution in [3.63, 3.8) is 0 Å². The molecule has 3 fully saturated rings. The normalized spacial score (nSPS) is 43.8. The van der Waals surface area contributed by atoms with Crippen molar-refractivity contribution in [3.05, 3.63) is 23.8 Å². The standard InChI is InChI=1S/C27H37N3O5/c1-15-28-27(22(29-30(5)6)14-34-16(2)31)23(35-15)12-20-19-8-7-17-11-18(32)9-10-25(17,3)24(19)21(33)13-26(20,27)4/h9-11,19-21,23-24,33H,7-8,12-14H2,1-6H3/t19-,20-,21-,23+,24+,25-,26-,27+/m0/s1. The van der Waals surface area contributed by atoms with E-state index in [0.717, 1.165) is 24.8 Å². The maximum atomic E-state index is 12.1. The summed E-state index contributed by atoms with van der Waals surface area (Å²) in [6.45, 7) is 7.69. The fraction of sp³-hybridized carbons (Fsp3) is 0.704. The van der Waals surface area contributed by atoms with E-state index in [1.807, 2.05) is 27.1 Å². The number of hydrazone groups is 1. The topological polar surface area (TPSA) is 101 Å². The van der Waals surface area contributed by atoms with Crippen molar-refractivity contribution in [2.45, 2.75) is 71.1 Å². The third kappa shape index (κ3) is 3.35. The Balaban J connectivity index is 1.60. The second-order valence-electron chi connectivity index (χ2n) is 11.6. The van der Waals surface area contributed by atoms with Gasteiger partial charge in [0.2, 0.25) is 0 Å². The molecule has 0 aromatic heterocycles. The third-order valence-electron chi connectivity index (χ3n) is 9.51. The van der Waals surface area contributed by atoms with Gasteiger partial charge < -0.3 is 19.6 Å². The van der Waals surface area contributed by atoms with Gasteiger partial charge in [0.15, 0.2) is 11.7 Å². The molecule has 1 aliphatic heterocycles. The molecule has 3 saturated carbocycles. The quantitative estimate of drug-likeness (QED) is 0.375. The van der Waals surface area contributed by atoms with Crippen molar-refractivity contribution in [1.29, 1.82) is 0 Å². The zero-order valence-electron chi connectivity index (χ0n) is 21.6. The van der Waals surface area contributed by atoms with Crippen LogP contribution < -0.4 is 0 Å². The van der Waals surface area contributed by atoms with Crippen LogP contribution in [-0.2, 0) is 19.1 Å². The van der Waals surface area contributed by atoms with Gasteiger partial charge in [0.25, 0.3) is 0 Å². The summed E-state index contributed by atoms with van der Waals surface area (Å²) in [5.41, 5.74) is 0.220. The lowest BCUT2D eigenvalue weighted by Gasteiger charge is -2.59. The van der Waals surface area contributed by atoms with Gasteiger partial charge in [-0.05, 0) is 49.7 Å². The Kier molecular flexibility index (Phi) is 5.55. The van der Waals surface area contributed by atoms with Crippen LogP contribution in [-0.4, -0.2) is 71.9 Å². The molecule has 0 spiro atoms. The van der Waals surface area contributed by atoms with Gasteiger partial charge >= 0.3 is 5.97 Å². The minimum Gasteiger partial charge on any atom is -0.475 e. The first-order valence-electron chi connectivity index (χ1n) is 12.7. The third-order valence-corrected chi connectivity index (χ3v) is 9.51. The fourth-order valence-corrected chi connectivity index (χ4v) is 8.33. The Morgan fingerprint density at radius 1 is 1.37 bits per heavy atom. The molecule has 0 aromatic carbocycles. The van der Waals surface area contributed by atoms with Crippen LogP contribution in [0.25, 0.3) is 0 Å². The molecule has 35 heavy (non-hydrogen) atoms. The van der Waals surface area contributed by atoms with Gasteiger partial charge in [-0.1, -0.05) is 25.5 Å². The predicted octanol–water partition coefficient (Wildman–Crippen LogP) is 2.91. The highest BCUT2D eigenvalue weighted by molar-refractivity contribution is 6.02. The molecule has 0 saturated heterocycles. The number of hydrogen-bond donors (Lipinski definition) is 1. The van der Waals surface area contributed by atoms with E-state index in [-0.39, 0.29) is 47.6 Å². The highest BCUT2D eigenvalue weighted by Gasteiger charge is 2.74. The van der Waals surface area contributed by atoms with E-state index < -0.39 is 17.1 Å². The monoisotopic (exact) mass is 483 g/mol. The van der Waals surface area contributed by atoms with Crippen LogP contribution >= 0.6 is 0 Å². The maximum absolute atomic E-state index is 12.1. The number of fused-ring (bicyclic) bond motifs is 7. The van der Waals surface area contributed by atoms with Crippen molar-refractivity contribution in [1.82, 2.24) is 5.01 Å². The molecule has 8 nitrogen and oxygen atoms in total. The summed E-state index contributed by atoms with van der Waals surface area (Å²) >= 11 is 0. The number of nitrogens with zero attached hydrogens (tertiary/aromatic N) is 3. The number of esters is 1. The Morgan fingerprint density at radius 3 is 2.80 bits per heavy atom. The number of aliphatic hydroxyl groups excluding tert-OH is 1. The van der Waals surface area contributed by atoms with Gasteiger partial charge in [0, 0.05) is 44.7 Å². The van der Waals surface area contributed by atoms with Crippen molar-refractivity contribution in [2.75, 3.05) is 20.7 Å². The second-order valence-corrected chi connectivity index (χ2v) is 11.6. The van der Waals surface area contributed by atoms with E-state index in [9.17, 15) is 14.7 Å². The largest absolute Gasteiger partial charge is 0.475 e. The number of hydrogen-bond acceptors (Lipinski definition) is 8. The maximum Gasteiger partial charge on any atom is 0.303 e. The van der Waals surface area contributed by atoms with Crippen LogP contribution in [0.5, 0.6) is 0 Å². The van der Waals surface area contributed by atoms with Gasteiger partial charge in [-0.25, -0.2) is 4.99 Å². The summed E-state index contributed by atoms with van der Waals surface area (Å²) in [6.07, 6.45) is 7.76. The summed E-state index contributed by atoms with van der Waals surface area (Å²) < 4.78 is 11.8. The second kappa shape index (κ2) is 8.02. The number of aliphatic hydroxyl groups is 1. The fourth-order valence-electron chi connectivity index (χ4n) is 8.33. The molecule has 0 radical (unpaired) electrons. The smallest absolute Gasteiger partial charge is 0.303 e. The van der Waals surface area contributed by atoms with E-state index in [4.69, 9.17) is 19.6 Å². The summed E-state index contributed by atoms with van der Waals surface area (Å²) in [5, 5.41) is 18.3. The number of carbonyl (C=O) groups is 2. The van der Waals surface area contributed by atoms with Gasteiger partial charge in [-0.3, -0.25) is 9.59 Å². The number of aliphatic imine (C=N–C) groups is 1. The van der Waals surface area contributed by atoms with Crippen LogP contribution in [0.4, 0.5) is 0 Å². The molecule has 1 heterocycles. The number of carbonyl (C=O) groups excluding carboxylic acids is 2. The summed E-state index contributed by atoms with van der Waals surface area (Å²) in [6, 6.07) is 0. The number of ketones is 1. The Bertz CT molecular complexity index is 1080. The molecule has 0 aromatic rings. The molecule has 5 rings (SSSR count). The van der Waals surface area contributed by atoms with E-state index >= 15 is 0 Å². The van der Waals surface area contributed by atoms with E-state index in [1.54, 1.807) is 17.2 Å². The first-order chi connectivity index (χ1) is 16.4. The number of allylic oxidation sites excluding steroid dienone is 4. The molecular formula is C27H37N3O5. The Hall–Kier alpha value is -2.48. The average Bonchev–Trinajstić information content (AvgIpc) is 3.21. The molecule has 190 valence electrons. The number of rotatable bonds is 4. The van der Waals surface area contributed by atoms with Crippen molar-refractivity contribution in [3.8, 4) is 0 Å². The Labute approximate surface area is 207 Å². The van der Waals surface area contributed by atoms with Crippen molar-refractivity contribution >= 4 is 23.4 Å². The van der Waals surface area contributed by atoms with Gasteiger partial charge in [-0.2, -0.15) is 5.10 Å². The molecule has 8 heteroatoms. The molecule has 4 aliphatic carbocycles. The van der Waals surface area contributed by atoms with Crippen LogP contribution in [0.1, 0.15) is 53.4 Å². The van der Waals surface area contributed by atoms with Crippen molar-refractivity contribution in [2.24, 2.45) is 38.7 Å². The zero-order valence-corrected chi connectivity index (χ0v) is 21.6. The molecular weight excluding hydrogens is 446 g/mol. The lowest BCUT2D eigenvalue weighted by Crippen LogP contribution is -2.62. The summed E-state index contributed by atoms with van der Waals surface area (Å²) in [5.74, 6) is 0.787. The van der Waals surface area contributed by atoms with Crippen LogP contribution in [0.2, 0.25) is 0 Å². The van der Waals surface area contributed by atoms with E-state index in [1.165, 1.54) is 6.92 Å². The Morgan fingerprint density at radius 2 is 2.11 bits per heavy atom. The average molecular weight is 484 g/mol. The van der Waals surface area contributed by atoms with Crippen molar-refractivity contribution < 1.29 is 24.2 Å². The summed E-state index contributed by atoms with van der Waals surface area (Å²) in [7, 11) is 3.69. The molecule has 1 N–H and O–H groups in total. The lowest BCUT2D eigenvalue weighted by molar-refractivity contribution is -0.139.